The number of rotatable bonds is 3. The molecule has 0 amide bonds. The highest BCUT2D eigenvalue weighted by molar-refractivity contribution is 5.91. The predicted octanol–water partition coefficient (Wildman–Crippen LogP) is 2.49. The van der Waals surface area contributed by atoms with E-state index < -0.39 is 5.92 Å². The van der Waals surface area contributed by atoms with Crippen molar-refractivity contribution in [2.75, 3.05) is 0 Å². The van der Waals surface area contributed by atoms with Gasteiger partial charge in [0.05, 0.1) is 29.9 Å². The second-order valence-corrected chi connectivity index (χ2v) is 4.78. The molecule has 0 aliphatic carbocycles. The maximum absolute atomic E-state index is 9.42. The maximum Gasteiger partial charge on any atom is 0.256 e. The summed E-state index contributed by atoms with van der Waals surface area (Å²) in [6.07, 6.45) is 4.92. The van der Waals surface area contributed by atoms with Crippen molar-refractivity contribution in [3.8, 4) is 6.07 Å². The molecule has 0 spiro atoms. The molecular weight excluding hydrogens is 256 g/mol. The number of aliphatic imine (C=N–C) groups is 1. The Balaban J connectivity index is 2.18. The van der Waals surface area contributed by atoms with Crippen molar-refractivity contribution in [1.82, 2.24) is 5.16 Å². The third-order valence-electron chi connectivity index (χ3n) is 3.51. The van der Waals surface area contributed by atoms with Crippen LogP contribution in [-0.4, -0.2) is 11.0 Å². The number of nitrogens with two attached hydrogens (primary N) is 1. The Labute approximate surface area is 115 Å². The number of hydrogen-bond donors (Lipinski definition) is 1. The van der Waals surface area contributed by atoms with Crippen LogP contribution in [0.3, 0.4) is 0 Å². The molecule has 0 radical (unpaired) electrons. The molecule has 0 saturated heterocycles. The first-order chi connectivity index (χ1) is 9.76. The van der Waals surface area contributed by atoms with Gasteiger partial charge in [0.2, 0.25) is 0 Å². The first kappa shape index (κ1) is 12.5. The quantitative estimate of drug-likeness (QED) is 0.923. The summed E-state index contributed by atoms with van der Waals surface area (Å²) >= 11 is 0. The van der Waals surface area contributed by atoms with Gasteiger partial charge in [-0.2, -0.15) is 10.3 Å². The van der Waals surface area contributed by atoms with Crippen LogP contribution in [0.5, 0.6) is 0 Å². The van der Waals surface area contributed by atoms with E-state index >= 15 is 0 Å². The first-order valence-corrected chi connectivity index (χ1v) is 6.50. The Bertz CT molecular complexity index is 679. The lowest BCUT2D eigenvalue weighted by atomic mass is 9.79. The van der Waals surface area contributed by atoms with Crippen molar-refractivity contribution in [3.05, 3.63) is 35.4 Å². The van der Waals surface area contributed by atoms with Gasteiger partial charge in [-0.25, -0.2) is 0 Å². The number of aryl methyl sites for hydroxylation is 1. The Morgan fingerprint density at radius 2 is 2.35 bits per heavy atom. The fraction of sp³-hybridized carbons (Fsp3) is 0.357. The molecule has 1 aliphatic rings. The Hall–Kier alpha value is -2.55. The molecule has 0 saturated carbocycles. The summed E-state index contributed by atoms with van der Waals surface area (Å²) in [5, 5.41) is 13.5. The molecule has 2 aromatic heterocycles. The number of nitriles is 1. The van der Waals surface area contributed by atoms with Crippen LogP contribution in [-0.2, 0) is 6.42 Å². The van der Waals surface area contributed by atoms with Gasteiger partial charge in [0.15, 0.2) is 0 Å². The van der Waals surface area contributed by atoms with Crippen molar-refractivity contribution in [1.29, 1.82) is 5.26 Å². The fourth-order valence-electron chi connectivity index (χ4n) is 2.61. The highest BCUT2D eigenvalue weighted by Gasteiger charge is 2.38. The van der Waals surface area contributed by atoms with Crippen LogP contribution in [0.25, 0.3) is 0 Å². The molecule has 3 rings (SSSR count). The molecule has 6 heteroatoms. The highest BCUT2D eigenvalue weighted by Crippen LogP contribution is 2.43. The van der Waals surface area contributed by atoms with Gasteiger partial charge in [-0.1, -0.05) is 18.5 Å². The minimum Gasteiger partial charge on any atom is -0.472 e. The number of furan rings is 1. The molecule has 1 aliphatic heterocycles. The smallest absolute Gasteiger partial charge is 0.256 e. The van der Waals surface area contributed by atoms with Crippen molar-refractivity contribution >= 4 is 11.7 Å². The third kappa shape index (κ3) is 1.79. The molecular formula is C14H14N4O2. The van der Waals surface area contributed by atoms with Gasteiger partial charge in [-0.15, -0.1) is 0 Å². The number of hydrogen-bond acceptors (Lipinski definition) is 6. The highest BCUT2D eigenvalue weighted by atomic mass is 16.5. The molecule has 0 fully saturated rings. The summed E-state index contributed by atoms with van der Waals surface area (Å²) in [5.74, 6) is -0.108. The van der Waals surface area contributed by atoms with Gasteiger partial charge < -0.3 is 14.7 Å². The zero-order chi connectivity index (χ0) is 14.1. The van der Waals surface area contributed by atoms with E-state index in [1.807, 2.05) is 6.07 Å². The van der Waals surface area contributed by atoms with Gasteiger partial charge in [0.1, 0.15) is 11.8 Å². The predicted molar refractivity (Wildman–Crippen MR) is 71.4 cm³/mol. The fourth-order valence-corrected chi connectivity index (χ4v) is 2.61. The zero-order valence-corrected chi connectivity index (χ0v) is 11.0. The number of fused-ring (bicyclic) bond motifs is 1. The van der Waals surface area contributed by atoms with Gasteiger partial charge in [-0.3, -0.25) is 0 Å². The normalized spacial score (nSPS) is 21.1. The lowest BCUT2D eigenvalue weighted by Crippen LogP contribution is -2.31. The van der Waals surface area contributed by atoms with Crippen LogP contribution in [0.1, 0.15) is 36.1 Å². The number of aromatic nitrogens is 1. The van der Waals surface area contributed by atoms with Crippen LogP contribution in [0, 0.1) is 17.2 Å². The van der Waals surface area contributed by atoms with Crippen LogP contribution < -0.4 is 5.73 Å². The molecule has 0 aromatic carbocycles. The van der Waals surface area contributed by atoms with Crippen molar-refractivity contribution < 1.29 is 8.94 Å². The molecule has 2 aromatic rings. The maximum atomic E-state index is 9.42. The lowest BCUT2D eigenvalue weighted by molar-refractivity contribution is 0.419. The first-order valence-electron chi connectivity index (χ1n) is 6.50. The van der Waals surface area contributed by atoms with E-state index in [9.17, 15) is 5.26 Å². The van der Waals surface area contributed by atoms with E-state index in [1.54, 1.807) is 12.5 Å². The lowest BCUT2D eigenvalue weighted by Gasteiger charge is -2.23. The van der Waals surface area contributed by atoms with Gasteiger partial charge >= 0.3 is 0 Å². The average Bonchev–Trinajstić information content (AvgIpc) is 3.08. The van der Waals surface area contributed by atoms with E-state index in [4.69, 9.17) is 14.7 Å². The van der Waals surface area contributed by atoms with Gasteiger partial charge in [-0.05, 0) is 18.1 Å². The van der Waals surface area contributed by atoms with Crippen molar-refractivity contribution in [2.24, 2.45) is 16.6 Å². The standard InChI is InChI=1S/C14H14N4O2/c1-2-3-10-12-11(8-4-5-19-7-8)9(6-15)13(16)17-14(12)20-18-10/h4-5,7,9,11H,2-3H2,1H3,(H2,16,17). The summed E-state index contributed by atoms with van der Waals surface area (Å²) in [5.41, 5.74) is 8.47. The van der Waals surface area contributed by atoms with E-state index in [1.165, 1.54) is 0 Å². The summed E-state index contributed by atoms with van der Waals surface area (Å²) < 4.78 is 10.4. The second-order valence-electron chi connectivity index (χ2n) is 4.78. The van der Waals surface area contributed by atoms with Crippen molar-refractivity contribution in [3.63, 3.8) is 0 Å². The van der Waals surface area contributed by atoms with Crippen molar-refractivity contribution in [2.45, 2.75) is 25.7 Å². The van der Waals surface area contributed by atoms with E-state index in [0.717, 1.165) is 29.7 Å². The summed E-state index contributed by atoms with van der Waals surface area (Å²) in [6.45, 7) is 2.07. The zero-order valence-electron chi connectivity index (χ0n) is 11.0. The molecule has 0 bridgehead atoms. The average molecular weight is 270 g/mol. The molecule has 20 heavy (non-hydrogen) atoms. The van der Waals surface area contributed by atoms with E-state index in [-0.39, 0.29) is 11.8 Å². The minimum absolute atomic E-state index is 0.237. The van der Waals surface area contributed by atoms with Crippen LogP contribution >= 0.6 is 0 Å². The SMILES string of the molecule is CCCc1noc2c1C(c1ccoc1)C(C#N)C(N)=N2. The Kier molecular flexibility index (Phi) is 3.03. The monoisotopic (exact) mass is 270 g/mol. The van der Waals surface area contributed by atoms with Gasteiger partial charge in [0.25, 0.3) is 5.88 Å². The Morgan fingerprint density at radius 3 is 3.00 bits per heavy atom. The Morgan fingerprint density at radius 1 is 1.50 bits per heavy atom. The molecule has 3 heterocycles. The molecule has 6 nitrogen and oxygen atoms in total. The summed E-state index contributed by atoms with van der Waals surface area (Å²) in [4.78, 5) is 4.17. The molecule has 2 N–H and O–H groups in total. The van der Waals surface area contributed by atoms with Crippen LogP contribution in [0.2, 0.25) is 0 Å². The van der Waals surface area contributed by atoms with Gasteiger partial charge in [0, 0.05) is 5.92 Å². The number of nitrogens with zero attached hydrogens (tertiary/aromatic N) is 3. The number of amidine groups is 1. The van der Waals surface area contributed by atoms with E-state index in [2.05, 4.69) is 23.1 Å². The topological polar surface area (TPSA) is 101 Å². The van der Waals surface area contributed by atoms with Crippen LogP contribution in [0.4, 0.5) is 5.88 Å². The summed E-state index contributed by atoms with van der Waals surface area (Å²) in [7, 11) is 0. The largest absolute Gasteiger partial charge is 0.472 e. The minimum atomic E-state index is -0.532. The molecule has 2 unspecified atom stereocenters. The van der Waals surface area contributed by atoms with Crippen LogP contribution in [0.15, 0.2) is 32.5 Å². The van der Waals surface area contributed by atoms with E-state index in [0.29, 0.717) is 5.88 Å². The summed E-state index contributed by atoms with van der Waals surface area (Å²) in [6, 6.07) is 4.06. The molecule has 102 valence electrons. The second kappa shape index (κ2) is 4.85. The third-order valence-corrected chi connectivity index (χ3v) is 3.51. The molecule has 2 atom stereocenters.